The molecule has 100 valence electrons. The molecule has 2 aromatic rings. The van der Waals surface area contributed by atoms with Crippen LogP contribution in [0.5, 0.6) is 5.75 Å². The largest absolute Gasteiger partial charge is 0.496 e. The highest BCUT2D eigenvalue weighted by molar-refractivity contribution is 6.30. The minimum atomic E-state index is -0.219. The van der Waals surface area contributed by atoms with Crippen molar-refractivity contribution in [3.63, 3.8) is 0 Å². The lowest BCUT2D eigenvalue weighted by Crippen LogP contribution is -2.03. The molecule has 0 amide bonds. The molecule has 2 rings (SSSR count). The van der Waals surface area contributed by atoms with Crippen molar-refractivity contribution in [1.29, 1.82) is 0 Å². The average Bonchev–Trinajstić information content (AvgIpc) is 2.40. The van der Waals surface area contributed by atoms with Crippen molar-refractivity contribution in [2.24, 2.45) is 0 Å². The first kappa shape index (κ1) is 13.7. The van der Waals surface area contributed by atoms with Crippen LogP contribution in [0.4, 0.5) is 10.1 Å². The van der Waals surface area contributed by atoms with Crippen molar-refractivity contribution in [1.82, 2.24) is 0 Å². The van der Waals surface area contributed by atoms with E-state index in [-0.39, 0.29) is 5.82 Å². The minimum absolute atomic E-state index is 0.219. The molecule has 0 aliphatic carbocycles. The molecule has 1 N–H and O–H groups in total. The van der Waals surface area contributed by atoms with E-state index < -0.39 is 0 Å². The molecule has 0 saturated carbocycles. The topological polar surface area (TPSA) is 21.3 Å². The third-order valence-electron chi connectivity index (χ3n) is 2.98. The van der Waals surface area contributed by atoms with E-state index in [2.05, 4.69) is 5.32 Å². The molecule has 0 fully saturated rings. The zero-order valence-corrected chi connectivity index (χ0v) is 11.6. The first-order chi connectivity index (χ1) is 9.11. The summed E-state index contributed by atoms with van der Waals surface area (Å²) in [6, 6.07) is 10.4. The molecular formula is C15H15ClFNO. The molecule has 19 heavy (non-hydrogen) atoms. The standard InChI is InChI=1S/C15H15ClFNO/c1-10-13(17)4-3-5-14(10)18-9-11-8-12(16)6-7-15(11)19-2/h3-8,18H,9H2,1-2H3. The second-order valence-corrected chi connectivity index (χ2v) is 4.66. The van der Waals surface area contributed by atoms with E-state index in [9.17, 15) is 4.39 Å². The van der Waals surface area contributed by atoms with Gasteiger partial charge in [-0.1, -0.05) is 17.7 Å². The van der Waals surface area contributed by atoms with Crippen LogP contribution in [-0.4, -0.2) is 7.11 Å². The van der Waals surface area contributed by atoms with Gasteiger partial charge in [0.2, 0.25) is 0 Å². The van der Waals surface area contributed by atoms with E-state index in [1.807, 2.05) is 18.2 Å². The Hall–Kier alpha value is -1.74. The van der Waals surface area contributed by atoms with Crippen LogP contribution >= 0.6 is 11.6 Å². The predicted octanol–water partition coefficient (Wildman–Crippen LogP) is 4.41. The van der Waals surface area contributed by atoms with Gasteiger partial charge in [-0.15, -0.1) is 0 Å². The van der Waals surface area contributed by atoms with Crippen molar-refractivity contribution >= 4 is 17.3 Å². The number of methoxy groups -OCH3 is 1. The fourth-order valence-electron chi connectivity index (χ4n) is 1.87. The zero-order valence-electron chi connectivity index (χ0n) is 10.8. The van der Waals surface area contributed by atoms with Crippen LogP contribution in [0.2, 0.25) is 5.02 Å². The van der Waals surface area contributed by atoms with Gasteiger partial charge in [0.15, 0.2) is 0 Å². The smallest absolute Gasteiger partial charge is 0.128 e. The predicted molar refractivity (Wildman–Crippen MR) is 76.5 cm³/mol. The third kappa shape index (κ3) is 3.18. The van der Waals surface area contributed by atoms with Crippen LogP contribution in [0.15, 0.2) is 36.4 Å². The van der Waals surface area contributed by atoms with Gasteiger partial charge in [0, 0.05) is 28.4 Å². The summed E-state index contributed by atoms with van der Waals surface area (Å²) in [5.74, 6) is 0.536. The number of anilines is 1. The monoisotopic (exact) mass is 279 g/mol. The Labute approximate surface area is 117 Å². The van der Waals surface area contributed by atoms with Crippen LogP contribution in [-0.2, 0) is 6.54 Å². The van der Waals surface area contributed by atoms with E-state index in [0.29, 0.717) is 17.1 Å². The fraction of sp³-hybridized carbons (Fsp3) is 0.200. The lowest BCUT2D eigenvalue weighted by atomic mass is 10.1. The molecule has 0 aliphatic heterocycles. The van der Waals surface area contributed by atoms with Crippen molar-refractivity contribution in [2.45, 2.75) is 13.5 Å². The van der Waals surface area contributed by atoms with Gasteiger partial charge in [-0.25, -0.2) is 4.39 Å². The van der Waals surface area contributed by atoms with Gasteiger partial charge in [0.1, 0.15) is 11.6 Å². The van der Waals surface area contributed by atoms with Gasteiger partial charge in [-0.3, -0.25) is 0 Å². The average molecular weight is 280 g/mol. The fourth-order valence-corrected chi connectivity index (χ4v) is 2.07. The number of hydrogen-bond acceptors (Lipinski definition) is 2. The van der Waals surface area contributed by atoms with E-state index in [4.69, 9.17) is 16.3 Å². The Balaban J connectivity index is 2.18. The number of rotatable bonds is 4. The van der Waals surface area contributed by atoms with Gasteiger partial charge < -0.3 is 10.1 Å². The number of nitrogens with one attached hydrogen (secondary N) is 1. The van der Waals surface area contributed by atoms with Crippen LogP contribution in [0.25, 0.3) is 0 Å². The lowest BCUT2D eigenvalue weighted by molar-refractivity contribution is 0.410. The zero-order chi connectivity index (χ0) is 13.8. The van der Waals surface area contributed by atoms with E-state index in [0.717, 1.165) is 17.0 Å². The van der Waals surface area contributed by atoms with Crippen LogP contribution in [0.1, 0.15) is 11.1 Å². The Bertz CT molecular complexity index is 586. The minimum Gasteiger partial charge on any atom is -0.496 e. The van der Waals surface area contributed by atoms with E-state index in [1.165, 1.54) is 6.07 Å². The molecule has 0 saturated heterocycles. The highest BCUT2D eigenvalue weighted by Gasteiger charge is 2.06. The molecule has 0 bridgehead atoms. The number of ether oxygens (including phenoxy) is 1. The second-order valence-electron chi connectivity index (χ2n) is 4.22. The maximum atomic E-state index is 13.4. The maximum Gasteiger partial charge on any atom is 0.128 e. The molecule has 2 aromatic carbocycles. The summed E-state index contributed by atoms with van der Waals surface area (Å²) >= 11 is 5.97. The summed E-state index contributed by atoms with van der Waals surface area (Å²) in [5.41, 5.74) is 2.30. The Morgan fingerprint density at radius 1 is 1.26 bits per heavy atom. The molecule has 0 unspecified atom stereocenters. The van der Waals surface area contributed by atoms with Gasteiger partial charge in [0.25, 0.3) is 0 Å². The molecule has 2 nitrogen and oxygen atoms in total. The molecular weight excluding hydrogens is 265 g/mol. The summed E-state index contributed by atoms with van der Waals surface area (Å²) in [6.45, 7) is 2.26. The quantitative estimate of drug-likeness (QED) is 0.895. The third-order valence-corrected chi connectivity index (χ3v) is 3.21. The molecule has 0 heterocycles. The van der Waals surface area contributed by atoms with Gasteiger partial charge in [-0.05, 0) is 37.3 Å². The lowest BCUT2D eigenvalue weighted by Gasteiger charge is -2.13. The number of halogens is 2. The van der Waals surface area contributed by atoms with Crippen molar-refractivity contribution in [2.75, 3.05) is 12.4 Å². The molecule has 0 spiro atoms. The van der Waals surface area contributed by atoms with Crippen LogP contribution in [0, 0.1) is 12.7 Å². The maximum absolute atomic E-state index is 13.4. The summed E-state index contributed by atoms with van der Waals surface area (Å²) < 4.78 is 18.7. The molecule has 0 atom stereocenters. The van der Waals surface area contributed by atoms with Crippen LogP contribution in [0.3, 0.4) is 0 Å². The van der Waals surface area contributed by atoms with Crippen LogP contribution < -0.4 is 10.1 Å². The molecule has 0 radical (unpaired) electrons. The Kier molecular flexibility index (Phi) is 4.27. The first-order valence-electron chi connectivity index (χ1n) is 5.93. The summed E-state index contributed by atoms with van der Waals surface area (Å²) in [4.78, 5) is 0. The Morgan fingerprint density at radius 2 is 2.05 bits per heavy atom. The van der Waals surface area contributed by atoms with Gasteiger partial charge >= 0.3 is 0 Å². The SMILES string of the molecule is COc1ccc(Cl)cc1CNc1cccc(F)c1C. The molecule has 4 heteroatoms. The van der Waals surface area contributed by atoms with Crippen molar-refractivity contribution < 1.29 is 9.13 Å². The molecule has 0 aromatic heterocycles. The summed E-state index contributed by atoms with van der Waals surface area (Å²) in [7, 11) is 1.61. The molecule has 0 aliphatic rings. The van der Waals surface area contributed by atoms with E-state index >= 15 is 0 Å². The van der Waals surface area contributed by atoms with Gasteiger partial charge in [-0.2, -0.15) is 0 Å². The second kappa shape index (κ2) is 5.93. The number of hydrogen-bond donors (Lipinski definition) is 1. The highest BCUT2D eigenvalue weighted by atomic mass is 35.5. The van der Waals surface area contributed by atoms with Crippen molar-refractivity contribution in [3.05, 3.63) is 58.4 Å². The first-order valence-corrected chi connectivity index (χ1v) is 6.31. The highest BCUT2D eigenvalue weighted by Crippen LogP contribution is 2.24. The van der Waals surface area contributed by atoms with E-state index in [1.54, 1.807) is 26.2 Å². The number of benzene rings is 2. The van der Waals surface area contributed by atoms with Gasteiger partial charge in [0.05, 0.1) is 7.11 Å². The summed E-state index contributed by atoms with van der Waals surface area (Å²) in [6.07, 6.45) is 0. The normalized spacial score (nSPS) is 10.3. The van der Waals surface area contributed by atoms with Crippen molar-refractivity contribution in [3.8, 4) is 5.75 Å². The summed E-state index contributed by atoms with van der Waals surface area (Å²) in [5, 5.41) is 3.84. The Morgan fingerprint density at radius 3 is 2.79 bits per heavy atom.